The molecule has 0 bridgehead atoms. The Hall–Kier alpha value is -2.62. The van der Waals surface area contributed by atoms with E-state index in [1.807, 2.05) is 6.07 Å². The summed E-state index contributed by atoms with van der Waals surface area (Å²) in [6, 6.07) is 3.38. The maximum absolute atomic E-state index is 11.9. The summed E-state index contributed by atoms with van der Waals surface area (Å²) in [7, 11) is 0. The van der Waals surface area contributed by atoms with Gasteiger partial charge in [-0.2, -0.15) is 10.2 Å². The van der Waals surface area contributed by atoms with Crippen LogP contribution in [0.3, 0.4) is 0 Å². The van der Waals surface area contributed by atoms with Crippen molar-refractivity contribution in [3.63, 3.8) is 0 Å². The van der Waals surface area contributed by atoms with Crippen molar-refractivity contribution in [1.29, 1.82) is 5.26 Å². The van der Waals surface area contributed by atoms with Gasteiger partial charge in [-0.05, 0) is 26.8 Å². The topological polar surface area (TPSA) is 105 Å². The van der Waals surface area contributed by atoms with Gasteiger partial charge in [-0.15, -0.1) is 0 Å². The van der Waals surface area contributed by atoms with E-state index in [1.54, 1.807) is 20.8 Å². The van der Waals surface area contributed by atoms with Crippen molar-refractivity contribution in [2.24, 2.45) is 0 Å². The number of aromatic amines is 1. The molecule has 0 saturated heterocycles. The highest BCUT2D eigenvalue weighted by molar-refractivity contribution is 5.91. The number of nitrogens with one attached hydrogen (secondary N) is 1. The number of hydrogen-bond acceptors (Lipinski definition) is 6. The van der Waals surface area contributed by atoms with Gasteiger partial charge in [0.25, 0.3) is 5.89 Å². The summed E-state index contributed by atoms with van der Waals surface area (Å²) in [6.07, 6.45) is -0.645. The molecule has 2 aromatic heterocycles. The van der Waals surface area contributed by atoms with E-state index in [0.717, 1.165) is 0 Å². The molecule has 2 aromatic rings. The van der Waals surface area contributed by atoms with Gasteiger partial charge < -0.3 is 14.2 Å². The molecule has 0 aromatic carbocycles. The van der Waals surface area contributed by atoms with E-state index in [9.17, 15) is 4.79 Å². The van der Waals surface area contributed by atoms with Crippen molar-refractivity contribution in [3.8, 4) is 6.07 Å². The van der Waals surface area contributed by atoms with Crippen LogP contribution in [0.1, 0.15) is 46.5 Å². The summed E-state index contributed by atoms with van der Waals surface area (Å²) in [5.74, 6) is 0.167. The summed E-state index contributed by atoms with van der Waals surface area (Å²) >= 11 is 0. The van der Waals surface area contributed by atoms with Gasteiger partial charge in [-0.3, -0.25) is 0 Å². The fourth-order valence-corrected chi connectivity index (χ4v) is 1.58. The van der Waals surface area contributed by atoms with Gasteiger partial charge in [-0.1, -0.05) is 5.16 Å². The highest BCUT2D eigenvalue weighted by atomic mass is 16.6. The highest BCUT2D eigenvalue weighted by Crippen LogP contribution is 2.18. The molecule has 7 heteroatoms. The largest absolute Gasteiger partial charge is 0.449 e. The van der Waals surface area contributed by atoms with Crippen LogP contribution in [0.15, 0.2) is 10.6 Å². The van der Waals surface area contributed by atoms with Gasteiger partial charge in [-0.25, -0.2) is 4.79 Å². The Morgan fingerprint density at radius 3 is 2.84 bits per heavy atom. The van der Waals surface area contributed by atoms with Crippen LogP contribution in [0.5, 0.6) is 0 Å². The first-order valence-corrected chi connectivity index (χ1v) is 5.62. The number of aryl methyl sites for hydroxylation is 2. The summed E-state index contributed by atoms with van der Waals surface area (Å²) < 4.78 is 10.1. The van der Waals surface area contributed by atoms with Crippen LogP contribution in [0.4, 0.5) is 0 Å². The first-order chi connectivity index (χ1) is 9.01. The molecular weight excluding hydrogens is 248 g/mol. The average Bonchev–Trinajstić information content (AvgIpc) is 2.95. The summed E-state index contributed by atoms with van der Waals surface area (Å²) in [6.45, 7) is 5.01. The van der Waals surface area contributed by atoms with Crippen LogP contribution < -0.4 is 0 Å². The summed E-state index contributed by atoms with van der Waals surface area (Å²) in [5, 5.41) is 12.4. The molecule has 98 valence electrons. The molecule has 0 saturated carbocycles. The molecule has 0 amide bonds. The van der Waals surface area contributed by atoms with E-state index in [1.165, 1.54) is 6.07 Å². The van der Waals surface area contributed by atoms with Crippen LogP contribution in [0, 0.1) is 25.2 Å². The molecule has 0 spiro atoms. The van der Waals surface area contributed by atoms with E-state index < -0.39 is 12.1 Å². The van der Waals surface area contributed by atoms with E-state index in [4.69, 9.17) is 14.5 Å². The first kappa shape index (κ1) is 12.8. The van der Waals surface area contributed by atoms with E-state index in [2.05, 4.69) is 15.1 Å². The molecule has 1 atom stereocenters. The number of rotatable bonds is 3. The number of hydrogen-bond donors (Lipinski definition) is 1. The lowest BCUT2D eigenvalue weighted by molar-refractivity contribution is 0.0265. The number of ether oxygens (including phenoxy) is 1. The SMILES string of the molecule is Cc1noc(C(C)OC(=O)c2cc(C#N)[nH]c2C)n1. The van der Waals surface area contributed by atoms with Crippen molar-refractivity contribution in [1.82, 2.24) is 15.1 Å². The van der Waals surface area contributed by atoms with Gasteiger partial charge in [0, 0.05) is 5.69 Å². The van der Waals surface area contributed by atoms with Crippen molar-refractivity contribution in [3.05, 3.63) is 34.7 Å². The molecule has 0 radical (unpaired) electrons. The Kier molecular flexibility index (Phi) is 3.33. The summed E-state index contributed by atoms with van der Waals surface area (Å²) in [4.78, 5) is 18.7. The van der Waals surface area contributed by atoms with Gasteiger partial charge in [0.15, 0.2) is 11.9 Å². The summed E-state index contributed by atoms with van der Waals surface area (Å²) in [5.41, 5.74) is 1.21. The predicted molar refractivity (Wildman–Crippen MR) is 63.1 cm³/mol. The molecule has 2 heterocycles. The average molecular weight is 260 g/mol. The standard InChI is InChI=1S/C12H12N4O3/c1-6-10(4-9(5-13)14-6)12(17)18-7(2)11-15-8(3)16-19-11/h4,7,14H,1-3H3. The van der Waals surface area contributed by atoms with Gasteiger partial charge in [0.2, 0.25) is 0 Å². The molecular formula is C12H12N4O3. The highest BCUT2D eigenvalue weighted by Gasteiger charge is 2.21. The quantitative estimate of drug-likeness (QED) is 0.843. The number of aromatic nitrogens is 3. The second-order valence-corrected chi connectivity index (χ2v) is 4.06. The Bertz CT molecular complexity index is 650. The zero-order valence-corrected chi connectivity index (χ0v) is 10.7. The van der Waals surface area contributed by atoms with Gasteiger partial charge in [0.1, 0.15) is 11.8 Å². The Balaban J connectivity index is 2.13. The van der Waals surface area contributed by atoms with Crippen molar-refractivity contribution in [2.75, 3.05) is 0 Å². The number of nitriles is 1. The molecule has 7 nitrogen and oxygen atoms in total. The second-order valence-electron chi connectivity index (χ2n) is 4.06. The smallest absolute Gasteiger partial charge is 0.340 e. The predicted octanol–water partition coefficient (Wildman–Crippen LogP) is 1.80. The Morgan fingerprint density at radius 2 is 2.32 bits per heavy atom. The number of H-pyrrole nitrogens is 1. The maximum atomic E-state index is 11.9. The minimum Gasteiger partial charge on any atom is -0.449 e. The van der Waals surface area contributed by atoms with E-state index in [-0.39, 0.29) is 5.89 Å². The van der Waals surface area contributed by atoms with Crippen LogP contribution in [-0.4, -0.2) is 21.1 Å². The van der Waals surface area contributed by atoms with Crippen molar-refractivity contribution in [2.45, 2.75) is 26.9 Å². The third-order valence-corrected chi connectivity index (χ3v) is 2.53. The van der Waals surface area contributed by atoms with Crippen molar-refractivity contribution < 1.29 is 14.1 Å². The second kappa shape index (κ2) is 4.94. The normalized spacial score (nSPS) is 11.9. The third kappa shape index (κ3) is 2.63. The van der Waals surface area contributed by atoms with Crippen LogP contribution in [0.2, 0.25) is 0 Å². The molecule has 2 rings (SSSR count). The lowest BCUT2D eigenvalue weighted by Gasteiger charge is -2.08. The fraction of sp³-hybridized carbons (Fsp3) is 0.333. The minimum absolute atomic E-state index is 0.236. The van der Waals surface area contributed by atoms with Gasteiger partial charge in [0.05, 0.1) is 5.56 Å². The zero-order chi connectivity index (χ0) is 14.0. The lowest BCUT2D eigenvalue weighted by Crippen LogP contribution is -2.10. The van der Waals surface area contributed by atoms with Crippen LogP contribution in [0.25, 0.3) is 0 Å². The number of esters is 1. The van der Waals surface area contributed by atoms with E-state index >= 15 is 0 Å². The number of nitrogens with zero attached hydrogens (tertiary/aromatic N) is 3. The number of carbonyl (C=O) groups excluding carboxylic acids is 1. The van der Waals surface area contributed by atoms with Crippen molar-refractivity contribution >= 4 is 5.97 Å². The van der Waals surface area contributed by atoms with Gasteiger partial charge >= 0.3 is 5.97 Å². The molecule has 0 aliphatic rings. The molecule has 0 fully saturated rings. The Morgan fingerprint density at radius 1 is 1.58 bits per heavy atom. The maximum Gasteiger partial charge on any atom is 0.340 e. The number of carbonyl (C=O) groups is 1. The fourth-order valence-electron chi connectivity index (χ4n) is 1.58. The molecule has 19 heavy (non-hydrogen) atoms. The monoisotopic (exact) mass is 260 g/mol. The van der Waals surface area contributed by atoms with Crippen LogP contribution in [-0.2, 0) is 4.74 Å². The molecule has 0 aliphatic carbocycles. The Labute approximate surface area is 109 Å². The molecule has 0 aliphatic heterocycles. The first-order valence-electron chi connectivity index (χ1n) is 5.62. The molecule has 1 N–H and O–H groups in total. The van der Waals surface area contributed by atoms with E-state index in [0.29, 0.717) is 22.8 Å². The third-order valence-electron chi connectivity index (χ3n) is 2.53. The van der Waals surface area contributed by atoms with Crippen LogP contribution >= 0.6 is 0 Å². The zero-order valence-electron chi connectivity index (χ0n) is 10.7. The molecule has 1 unspecified atom stereocenters. The lowest BCUT2D eigenvalue weighted by atomic mass is 10.2. The minimum atomic E-state index is -0.645.